The molecule has 5 nitrogen and oxygen atoms in total. The Morgan fingerprint density at radius 1 is 1.59 bits per heavy atom. The summed E-state index contributed by atoms with van der Waals surface area (Å²) in [7, 11) is 1.84. The number of hydrogen-bond donors (Lipinski definition) is 1. The molecule has 2 rings (SSSR count). The lowest BCUT2D eigenvalue weighted by molar-refractivity contribution is -0.128. The first kappa shape index (κ1) is 12.1. The zero-order chi connectivity index (χ0) is 12.4. The Balaban J connectivity index is 1.87. The molecule has 1 N–H and O–H groups in total. The van der Waals surface area contributed by atoms with E-state index in [0.717, 1.165) is 18.7 Å². The number of amides is 1. The van der Waals surface area contributed by atoms with Crippen molar-refractivity contribution in [3.05, 3.63) is 18.0 Å². The lowest BCUT2D eigenvalue weighted by atomic mass is 10.2. The number of hydrogen-bond acceptors (Lipinski definition) is 3. The van der Waals surface area contributed by atoms with Gasteiger partial charge in [0.25, 0.3) is 0 Å². The Hall–Kier alpha value is -1.36. The molecule has 1 aromatic rings. The molecule has 1 aliphatic rings. The Morgan fingerprint density at radius 3 is 2.88 bits per heavy atom. The second kappa shape index (κ2) is 4.87. The summed E-state index contributed by atoms with van der Waals surface area (Å²) < 4.78 is 1.93. The third kappa shape index (κ3) is 2.66. The number of rotatable bonds is 4. The van der Waals surface area contributed by atoms with E-state index in [-0.39, 0.29) is 11.9 Å². The summed E-state index contributed by atoms with van der Waals surface area (Å²) in [5, 5.41) is 7.71. The zero-order valence-electron chi connectivity index (χ0n) is 10.7. The summed E-state index contributed by atoms with van der Waals surface area (Å²) >= 11 is 0. The Kier molecular flexibility index (Phi) is 3.47. The minimum absolute atomic E-state index is 0.0378. The van der Waals surface area contributed by atoms with Gasteiger partial charge in [-0.05, 0) is 26.3 Å². The van der Waals surface area contributed by atoms with Crippen LogP contribution >= 0.6 is 0 Å². The summed E-state index contributed by atoms with van der Waals surface area (Å²) in [6.07, 6.45) is 2.87. The molecule has 1 amide bonds. The van der Waals surface area contributed by atoms with E-state index >= 15 is 0 Å². The maximum absolute atomic E-state index is 11.7. The first-order valence-electron chi connectivity index (χ1n) is 6.10. The van der Waals surface area contributed by atoms with Crippen molar-refractivity contribution in [3.8, 4) is 0 Å². The Bertz CT molecular complexity index is 399. The normalized spacial score (nSPS) is 20.6. The lowest BCUT2D eigenvalue weighted by Gasteiger charge is -2.11. The van der Waals surface area contributed by atoms with Crippen LogP contribution in [-0.2, 0) is 11.3 Å². The maximum Gasteiger partial charge on any atom is 0.239 e. The SMILES string of the molecule is CC(C)n1ccc(CNC2CCN(C)C2=O)n1. The minimum atomic E-state index is -0.0378. The maximum atomic E-state index is 11.7. The second-order valence-corrected chi connectivity index (χ2v) is 4.86. The van der Waals surface area contributed by atoms with Gasteiger partial charge in [0.2, 0.25) is 5.91 Å². The van der Waals surface area contributed by atoms with E-state index in [0.29, 0.717) is 12.6 Å². The Morgan fingerprint density at radius 2 is 2.35 bits per heavy atom. The number of nitrogens with zero attached hydrogens (tertiary/aromatic N) is 3. The molecular weight excluding hydrogens is 216 g/mol. The predicted molar refractivity (Wildman–Crippen MR) is 65.5 cm³/mol. The summed E-state index contributed by atoms with van der Waals surface area (Å²) in [5.41, 5.74) is 0.987. The molecule has 0 aliphatic carbocycles. The van der Waals surface area contributed by atoms with E-state index < -0.39 is 0 Å². The zero-order valence-corrected chi connectivity index (χ0v) is 10.7. The van der Waals surface area contributed by atoms with Crippen molar-refractivity contribution in [2.24, 2.45) is 0 Å². The van der Waals surface area contributed by atoms with E-state index in [4.69, 9.17) is 0 Å². The highest BCUT2D eigenvalue weighted by Gasteiger charge is 2.28. The highest BCUT2D eigenvalue weighted by molar-refractivity contribution is 5.83. The van der Waals surface area contributed by atoms with E-state index in [1.54, 1.807) is 4.90 Å². The lowest BCUT2D eigenvalue weighted by Crippen LogP contribution is -2.36. The van der Waals surface area contributed by atoms with Gasteiger partial charge in [-0.15, -0.1) is 0 Å². The van der Waals surface area contributed by atoms with Crippen LogP contribution in [0.25, 0.3) is 0 Å². The van der Waals surface area contributed by atoms with Gasteiger partial charge in [0.15, 0.2) is 0 Å². The largest absolute Gasteiger partial charge is 0.344 e. The first-order chi connectivity index (χ1) is 8.08. The van der Waals surface area contributed by atoms with Gasteiger partial charge in [0, 0.05) is 32.4 Å². The molecule has 1 atom stereocenters. The van der Waals surface area contributed by atoms with E-state index in [2.05, 4.69) is 24.3 Å². The molecule has 0 aromatic carbocycles. The molecule has 2 heterocycles. The fourth-order valence-corrected chi connectivity index (χ4v) is 2.00. The van der Waals surface area contributed by atoms with Crippen molar-refractivity contribution >= 4 is 5.91 Å². The number of likely N-dealkylation sites (N-methyl/N-ethyl adjacent to an activating group) is 1. The quantitative estimate of drug-likeness (QED) is 0.840. The Labute approximate surface area is 102 Å². The van der Waals surface area contributed by atoms with Crippen LogP contribution in [0.3, 0.4) is 0 Å². The van der Waals surface area contributed by atoms with Crippen LogP contribution in [0.15, 0.2) is 12.3 Å². The number of aromatic nitrogens is 2. The van der Waals surface area contributed by atoms with Crippen LogP contribution < -0.4 is 5.32 Å². The molecule has 0 bridgehead atoms. The van der Waals surface area contributed by atoms with E-state index in [1.807, 2.05) is 24.0 Å². The molecular formula is C12H20N4O. The molecule has 1 aliphatic heterocycles. The molecule has 1 saturated heterocycles. The van der Waals surface area contributed by atoms with E-state index in [9.17, 15) is 4.79 Å². The molecule has 5 heteroatoms. The molecule has 0 radical (unpaired) electrons. The van der Waals surface area contributed by atoms with Gasteiger partial charge in [0.05, 0.1) is 11.7 Å². The van der Waals surface area contributed by atoms with Gasteiger partial charge in [-0.1, -0.05) is 0 Å². The smallest absolute Gasteiger partial charge is 0.239 e. The molecule has 0 saturated carbocycles. The van der Waals surface area contributed by atoms with Gasteiger partial charge in [-0.3, -0.25) is 9.48 Å². The molecule has 94 valence electrons. The molecule has 1 unspecified atom stereocenters. The number of carbonyl (C=O) groups is 1. The highest BCUT2D eigenvalue weighted by Crippen LogP contribution is 2.10. The number of nitrogens with one attached hydrogen (secondary N) is 1. The summed E-state index contributed by atoms with van der Waals surface area (Å²) in [6, 6.07) is 2.34. The minimum Gasteiger partial charge on any atom is -0.344 e. The number of carbonyl (C=O) groups excluding carboxylic acids is 1. The highest BCUT2D eigenvalue weighted by atomic mass is 16.2. The predicted octanol–water partition coefficient (Wildman–Crippen LogP) is 0.784. The topological polar surface area (TPSA) is 50.2 Å². The van der Waals surface area contributed by atoms with E-state index in [1.165, 1.54) is 0 Å². The fraction of sp³-hybridized carbons (Fsp3) is 0.667. The third-order valence-electron chi connectivity index (χ3n) is 3.15. The fourth-order valence-electron chi connectivity index (χ4n) is 2.00. The van der Waals surface area contributed by atoms with Gasteiger partial charge in [-0.2, -0.15) is 5.10 Å². The summed E-state index contributed by atoms with van der Waals surface area (Å²) in [5.74, 6) is 0.188. The second-order valence-electron chi connectivity index (χ2n) is 4.86. The standard InChI is InChI=1S/C12H20N4O/c1-9(2)16-7-4-10(14-16)8-13-11-5-6-15(3)12(11)17/h4,7,9,11,13H,5-6,8H2,1-3H3. The molecule has 1 fully saturated rings. The average molecular weight is 236 g/mol. The van der Waals surface area contributed by atoms with Gasteiger partial charge in [-0.25, -0.2) is 0 Å². The molecule has 1 aromatic heterocycles. The van der Waals surface area contributed by atoms with Crippen LogP contribution in [0.4, 0.5) is 0 Å². The monoisotopic (exact) mass is 236 g/mol. The van der Waals surface area contributed by atoms with Gasteiger partial charge < -0.3 is 10.2 Å². The molecule has 0 spiro atoms. The summed E-state index contributed by atoms with van der Waals surface area (Å²) in [6.45, 7) is 5.69. The first-order valence-corrected chi connectivity index (χ1v) is 6.10. The average Bonchev–Trinajstić information content (AvgIpc) is 2.86. The van der Waals surface area contributed by atoms with Crippen molar-refractivity contribution in [1.29, 1.82) is 0 Å². The summed E-state index contributed by atoms with van der Waals surface area (Å²) in [4.78, 5) is 13.4. The van der Waals surface area contributed by atoms with Crippen molar-refractivity contribution in [2.45, 2.75) is 38.9 Å². The number of likely N-dealkylation sites (tertiary alicyclic amines) is 1. The van der Waals surface area contributed by atoms with Crippen LogP contribution in [0.1, 0.15) is 32.0 Å². The van der Waals surface area contributed by atoms with Crippen LogP contribution in [0.5, 0.6) is 0 Å². The molecule has 17 heavy (non-hydrogen) atoms. The van der Waals surface area contributed by atoms with Crippen molar-refractivity contribution in [1.82, 2.24) is 20.0 Å². The van der Waals surface area contributed by atoms with Gasteiger partial charge in [0.1, 0.15) is 0 Å². The van der Waals surface area contributed by atoms with Crippen LogP contribution in [0, 0.1) is 0 Å². The van der Waals surface area contributed by atoms with Crippen LogP contribution in [0.2, 0.25) is 0 Å². The van der Waals surface area contributed by atoms with Gasteiger partial charge >= 0.3 is 0 Å². The van der Waals surface area contributed by atoms with Crippen molar-refractivity contribution in [3.63, 3.8) is 0 Å². The van der Waals surface area contributed by atoms with Crippen molar-refractivity contribution in [2.75, 3.05) is 13.6 Å². The third-order valence-corrected chi connectivity index (χ3v) is 3.15. The van der Waals surface area contributed by atoms with Crippen LogP contribution in [-0.4, -0.2) is 40.2 Å². The van der Waals surface area contributed by atoms with Crippen molar-refractivity contribution < 1.29 is 4.79 Å².